The predicted molar refractivity (Wildman–Crippen MR) is 58.9 cm³/mol. The van der Waals surface area contributed by atoms with Crippen LogP contribution in [0, 0.1) is 11.3 Å². The molecule has 0 aromatic heterocycles. The van der Waals surface area contributed by atoms with Crippen LogP contribution in [0.5, 0.6) is 0 Å². The molecule has 0 amide bonds. The largest absolute Gasteiger partial charge is 0.316 e. The summed E-state index contributed by atoms with van der Waals surface area (Å²) in [6.45, 7) is 9.57. The van der Waals surface area contributed by atoms with Gasteiger partial charge in [-0.2, -0.15) is 0 Å². The van der Waals surface area contributed by atoms with Crippen LogP contribution in [0.2, 0.25) is 0 Å². The predicted octanol–water partition coefficient (Wildman–Crippen LogP) is 3.20. The Labute approximate surface area is 83.3 Å². The van der Waals surface area contributed by atoms with Crippen molar-refractivity contribution in [1.82, 2.24) is 5.32 Å². The molecule has 1 heteroatoms. The summed E-state index contributed by atoms with van der Waals surface area (Å²) >= 11 is 0. The fourth-order valence-electron chi connectivity index (χ4n) is 2.77. The minimum Gasteiger partial charge on any atom is -0.316 e. The van der Waals surface area contributed by atoms with Crippen molar-refractivity contribution in [3.8, 4) is 0 Å². The molecule has 0 saturated carbocycles. The van der Waals surface area contributed by atoms with Gasteiger partial charge in [-0.1, -0.05) is 40.0 Å². The molecule has 13 heavy (non-hydrogen) atoms. The summed E-state index contributed by atoms with van der Waals surface area (Å²) in [6.07, 6.45) is 6.97. The lowest BCUT2D eigenvalue weighted by molar-refractivity contribution is 0.111. The maximum absolute atomic E-state index is 3.43. The molecule has 1 aliphatic heterocycles. The van der Waals surface area contributed by atoms with E-state index in [9.17, 15) is 0 Å². The van der Waals surface area contributed by atoms with Crippen LogP contribution in [0.25, 0.3) is 0 Å². The van der Waals surface area contributed by atoms with Gasteiger partial charge in [-0.15, -0.1) is 0 Å². The molecule has 1 heterocycles. The number of nitrogens with one attached hydrogen (secondary N) is 1. The highest BCUT2D eigenvalue weighted by molar-refractivity contribution is 4.92. The van der Waals surface area contributed by atoms with Gasteiger partial charge in [-0.3, -0.25) is 0 Å². The fourth-order valence-corrected chi connectivity index (χ4v) is 2.77. The summed E-state index contributed by atoms with van der Waals surface area (Å²) < 4.78 is 0. The Balaban J connectivity index is 2.30. The zero-order chi connectivity index (χ0) is 9.73. The maximum atomic E-state index is 3.43. The van der Waals surface area contributed by atoms with E-state index in [1.165, 1.54) is 45.2 Å². The molecule has 0 radical (unpaired) electrons. The summed E-state index contributed by atoms with van der Waals surface area (Å²) in [6, 6.07) is 0. The van der Waals surface area contributed by atoms with E-state index >= 15 is 0 Å². The Morgan fingerprint density at radius 3 is 2.31 bits per heavy atom. The lowest BCUT2D eigenvalue weighted by atomic mass is 9.71. The molecule has 1 nitrogen and oxygen atoms in total. The van der Waals surface area contributed by atoms with Crippen molar-refractivity contribution in [1.29, 1.82) is 0 Å². The summed E-state index contributed by atoms with van der Waals surface area (Å²) in [7, 11) is 0. The Kier molecular flexibility index (Phi) is 4.24. The second kappa shape index (κ2) is 4.99. The summed E-state index contributed by atoms with van der Waals surface area (Å²) in [5.41, 5.74) is 0.684. The third kappa shape index (κ3) is 2.98. The molecule has 1 atom stereocenters. The van der Waals surface area contributed by atoms with Crippen LogP contribution in [0.15, 0.2) is 0 Å². The van der Waals surface area contributed by atoms with Gasteiger partial charge in [0.1, 0.15) is 0 Å². The van der Waals surface area contributed by atoms with Crippen molar-refractivity contribution in [3.63, 3.8) is 0 Å². The van der Waals surface area contributed by atoms with Gasteiger partial charge in [0.05, 0.1) is 0 Å². The smallest absolute Gasteiger partial charge is 0.00203 e. The van der Waals surface area contributed by atoms with Crippen LogP contribution in [0.1, 0.15) is 52.9 Å². The SMILES string of the molecule is CCCC(C)CC1(CCC)CNC1. The molecule has 1 fully saturated rings. The first-order valence-electron chi connectivity index (χ1n) is 5.93. The van der Waals surface area contributed by atoms with Crippen LogP contribution in [-0.2, 0) is 0 Å². The van der Waals surface area contributed by atoms with Crippen LogP contribution >= 0.6 is 0 Å². The average Bonchev–Trinajstić information content (AvgIpc) is 2.01. The van der Waals surface area contributed by atoms with Gasteiger partial charge >= 0.3 is 0 Å². The highest BCUT2D eigenvalue weighted by Crippen LogP contribution is 2.36. The van der Waals surface area contributed by atoms with E-state index in [1.54, 1.807) is 0 Å². The van der Waals surface area contributed by atoms with Gasteiger partial charge in [-0.25, -0.2) is 0 Å². The van der Waals surface area contributed by atoms with Crippen LogP contribution in [-0.4, -0.2) is 13.1 Å². The molecule has 0 spiro atoms. The van der Waals surface area contributed by atoms with Crippen molar-refractivity contribution < 1.29 is 0 Å². The minimum atomic E-state index is 0.684. The normalized spacial score (nSPS) is 22.4. The van der Waals surface area contributed by atoms with Crippen LogP contribution < -0.4 is 5.32 Å². The highest BCUT2D eigenvalue weighted by Gasteiger charge is 2.36. The molecule has 0 bridgehead atoms. The second-order valence-electron chi connectivity index (χ2n) is 4.95. The molecular formula is C12H25N. The highest BCUT2D eigenvalue weighted by atomic mass is 15.0. The topological polar surface area (TPSA) is 12.0 Å². The molecule has 0 aromatic rings. The van der Waals surface area contributed by atoms with Gasteiger partial charge in [0.2, 0.25) is 0 Å². The van der Waals surface area contributed by atoms with E-state index in [0.29, 0.717) is 5.41 Å². The van der Waals surface area contributed by atoms with Gasteiger partial charge < -0.3 is 5.32 Å². The average molecular weight is 183 g/mol. The van der Waals surface area contributed by atoms with E-state index in [1.807, 2.05) is 0 Å². The molecule has 0 aliphatic carbocycles. The zero-order valence-electron chi connectivity index (χ0n) is 9.53. The first kappa shape index (κ1) is 11.0. The number of hydrogen-bond acceptors (Lipinski definition) is 1. The van der Waals surface area contributed by atoms with Crippen molar-refractivity contribution >= 4 is 0 Å². The van der Waals surface area contributed by atoms with Gasteiger partial charge in [0, 0.05) is 13.1 Å². The molecular weight excluding hydrogens is 158 g/mol. The van der Waals surface area contributed by atoms with Crippen molar-refractivity contribution in [2.24, 2.45) is 11.3 Å². The quantitative estimate of drug-likeness (QED) is 0.667. The van der Waals surface area contributed by atoms with Gasteiger partial charge in [0.15, 0.2) is 0 Å². The Bertz CT molecular complexity index is 138. The Morgan fingerprint density at radius 2 is 1.92 bits per heavy atom. The molecule has 1 rings (SSSR count). The third-order valence-corrected chi connectivity index (χ3v) is 3.34. The van der Waals surface area contributed by atoms with Crippen molar-refractivity contribution in [3.05, 3.63) is 0 Å². The van der Waals surface area contributed by atoms with E-state index in [0.717, 1.165) is 5.92 Å². The number of hydrogen-bond donors (Lipinski definition) is 1. The molecule has 1 unspecified atom stereocenters. The van der Waals surface area contributed by atoms with Crippen LogP contribution in [0.4, 0.5) is 0 Å². The molecule has 1 aliphatic rings. The van der Waals surface area contributed by atoms with Gasteiger partial charge in [-0.05, 0) is 24.2 Å². The van der Waals surface area contributed by atoms with Crippen molar-refractivity contribution in [2.75, 3.05) is 13.1 Å². The molecule has 78 valence electrons. The van der Waals surface area contributed by atoms with E-state index in [4.69, 9.17) is 0 Å². The van der Waals surface area contributed by atoms with E-state index < -0.39 is 0 Å². The fraction of sp³-hybridized carbons (Fsp3) is 1.00. The first-order valence-corrected chi connectivity index (χ1v) is 5.93. The summed E-state index contributed by atoms with van der Waals surface area (Å²) in [5.74, 6) is 0.929. The third-order valence-electron chi connectivity index (χ3n) is 3.34. The van der Waals surface area contributed by atoms with E-state index in [-0.39, 0.29) is 0 Å². The molecule has 1 N–H and O–H groups in total. The minimum absolute atomic E-state index is 0.684. The molecule has 0 aromatic carbocycles. The maximum Gasteiger partial charge on any atom is 0.00203 e. The monoisotopic (exact) mass is 183 g/mol. The summed E-state index contributed by atoms with van der Waals surface area (Å²) in [5, 5.41) is 3.43. The second-order valence-corrected chi connectivity index (χ2v) is 4.95. The zero-order valence-corrected chi connectivity index (χ0v) is 9.53. The lowest BCUT2D eigenvalue weighted by Crippen LogP contribution is -2.54. The Morgan fingerprint density at radius 1 is 1.23 bits per heavy atom. The van der Waals surface area contributed by atoms with E-state index in [2.05, 4.69) is 26.1 Å². The standard InChI is InChI=1S/C12H25N/c1-4-6-11(3)8-12(7-5-2)9-13-10-12/h11,13H,4-10H2,1-3H3. The lowest BCUT2D eigenvalue weighted by Gasteiger charge is -2.44. The number of rotatable bonds is 6. The van der Waals surface area contributed by atoms with Crippen molar-refractivity contribution in [2.45, 2.75) is 52.9 Å². The van der Waals surface area contributed by atoms with Gasteiger partial charge in [0.25, 0.3) is 0 Å². The van der Waals surface area contributed by atoms with Crippen LogP contribution in [0.3, 0.4) is 0 Å². The summed E-state index contributed by atoms with van der Waals surface area (Å²) in [4.78, 5) is 0. The molecule has 1 saturated heterocycles. The Hall–Kier alpha value is -0.0400. The first-order chi connectivity index (χ1) is 6.22.